The molecule has 1 aliphatic heterocycles. The van der Waals surface area contributed by atoms with Gasteiger partial charge in [0, 0.05) is 0 Å². The van der Waals surface area contributed by atoms with Crippen LogP contribution in [0.5, 0.6) is 11.5 Å². The SMILES string of the molecule is CCCC[C@H](Cc1ccc2c(c1)OCO2)C(=O)O. The molecule has 1 atom stereocenters. The molecule has 1 aromatic rings. The van der Waals surface area contributed by atoms with Crippen LogP contribution in [0, 0.1) is 5.92 Å². The largest absolute Gasteiger partial charge is 0.481 e. The number of aliphatic carboxylic acids is 1. The number of ether oxygens (including phenoxy) is 2. The van der Waals surface area contributed by atoms with Crippen LogP contribution in [-0.4, -0.2) is 17.9 Å². The maximum absolute atomic E-state index is 11.2. The molecule has 0 bridgehead atoms. The van der Waals surface area contributed by atoms with Crippen molar-refractivity contribution in [1.82, 2.24) is 0 Å². The van der Waals surface area contributed by atoms with Gasteiger partial charge in [-0.1, -0.05) is 25.8 Å². The maximum Gasteiger partial charge on any atom is 0.306 e. The predicted octanol–water partition coefficient (Wildman–Crippen LogP) is 2.85. The number of rotatable bonds is 6. The van der Waals surface area contributed by atoms with Gasteiger partial charge in [-0.3, -0.25) is 4.79 Å². The molecule has 1 aromatic carbocycles. The second-order valence-corrected chi connectivity index (χ2v) is 4.57. The van der Waals surface area contributed by atoms with Gasteiger partial charge in [-0.2, -0.15) is 0 Å². The Labute approximate surface area is 107 Å². The monoisotopic (exact) mass is 250 g/mol. The molecule has 4 nitrogen and oxygen atoms in total. The van der Waals surface area contributed by atoms with Crippen molar-refractivity contribution in [2.75, 3.05) is 6.79 Å². The summed E-state index contributed by atoms with van der Waals surface area (Å²) in [6, 6.07) is 5.63. The molecule has 0 saturated heterocycles. The molecule has 1 N–H and O–H groups in total. The first kappa shape index (κ1) is 12.7. The van der Waals surface area contributed by atoms with Crippen LogP contribution in [0.15, 0.2) is 18.2 Å². The highest BCUT2D eigenvalue weighted by molar-refractivity contribution is 5.70. The van der Waals surface area contributed by atoms with Gasteiger partial charge < -0.3 is 14.6 Å². The maximum atomic E-state index is 11.2. The Morgan fingerprint density at radius 1 is 1.39 bits per heavy atom. The normalized spacial score (nSPS) is 14.5. The molecular formula is C14H18O4. The summed E-state index contributed by atoms with van der Waals surface area (Å²) in [7, 11) is 0. The summed E-state index contributed by atoms with van der Waals surface area (Å²) in [5, 5.41) is 9.20. The third-order valence-electron chi connectivity index (χ3n) is 3.17. The molecule has 0 aromatic heterocycles. The van der Waals surface area contributed by atoms with E-state index in [4.69, 9.17) is 9.47 Å². The predicted molar refractivity (Wildman–Crippen MR) is 66.9 cm³/mol. The van der Waals surface area contributed by atoms with Gasteiger partial charge in [-0.05, 0) is 30.5 Å². The molecule has 1 aliphatic rings. The molecule has 98 valence electrons. The van der Waals surface area contributed by atoms with E-state index in [0.29, 0.717) is 12.2 Å². The van der Waals surface area contributed by atoms with Crippen LogP contribution in [0.4, 0.5) is 0 Å². The van der Waals surface area contributed by atoms with E-state index in [1.165, 1.54) is 0 Å². The number of benzene rings is 1. The molecule has 0 unspecified atom stereocenters. The van der Waals surface area contributed by atoms with Crippen molar-refractivity contribution in [3.8, 4) is 11.5 Å². The minimum atomic E-state index is -0.721. The van der Waals surface area contributed by atoms with Crippen LogP contribution in [0.2, 0.25) is 0 Å². The molecule has 2 rings (SSSR count). The van der Waals surface area contributed by atoms with E-state index in [2.05, 4.69) is 6.92 Å². The molecule has 1 heterocycles. The molecule has 0 aliphatic carbocycles. The zero-order chi connectivity index (χ0) is 13.0. The molecule has 0 spiro atoms. The average Bonchev–Trinajstić information content (AvgIpc) is 2.81. The Kier molecular flexibility index (Phi) is 4.07. The van der Waals surface area contributed by atoms with Gasteiger partial charge in [0.2, 0.25) is 6.79 Å². The molecule has 0 amide bonds. The van der Waals surface area contributed by atoms with E-state index < -0.39 is 5.97 Å². The summed E-state index contributed by atoms with van der Waals surface area (Å²) >= 11 is 0. The van der Waals surface area contributed by atoms with Gasteiger partial charge in [0.25, 0.3) is 0 Å². The zero-order valence-corrected chi connectivity index (χ0v) is 10.5. The van der Waals surface area contributed by atoms with E-state index in [0.717, 1.165) is 30.6 Å². The highest BCUT2D eigenvalue weighted by Crippen LogP contribution is 2.33. The van der Waals surface area contributed by atoms with Crippen LogP contribution in [0.3, 0.4) is 0 Å². The number of hydrogen-bond donors (Lipinski definition) is 1. The molecular weight excluding hydrogens is 232 g/mol. The smallest absolute Gasteiger partial charge is 0.306 e. The van der Waals surface area contributed by atoms with Gasteiger partial charge >= 0.3 is 5.97 Å². The number of fused-ring (bicyclic) bond motifs is 1. The van der Waals surface area contributed by atoms with Crippen molar-refractivity contribution in [2.45, 2.75) is 32.6 Å². The average molecular weight is 250 g/mol. The van der Waals surface area contributed by atoms with Crippen molar-refractivity contribution in [1.29, 1.82) is 0 Å². The van der Waals surface area contributed by atoms with E-state index in [9.17, 15) is 9.90 Å². The molecule has 0 fully saturated rings. The van der Waals surface area contributed by atoms with Gasteiger partial charge in [0.05, 0.1) is 5.92 Å². The van der Waals surface area contributed by atoms with E-state index in [1.807, 2.05) is 18.2 Å². The number of hydrogen-bond acceptors (Lipinski definition) is 3. The van der Waals surface area contributed by atoms with Crippen molar-refractivity contribution < 1.29 is 19.4 Å². The third kappa shape index (κ3) is 2.94. The van der Waals surface area contributed by atoms with Crippen LogP contribution < -0.4 is 9.47 Å². The summed E-state index contributed by atoms with van der Waals surface area (Å²) in [5.41, 5.74) is 0.989. The first-order valence-electron chi connectivity index (χ1n) is 6.32. The van der Waals surface area contributed by atoms with Crippen LogP contribution in [0.1, 0.15) is 31.7 Å². The van der Waals surface area contributed by atoms with Crippen LogP contribution >= 0.6 is 0 Å². The van der Waals surface area contributed by atoms with Gasteiger partial charge in [-0.15, -0.1) is 0 Å². The van der Waals surface area contributed by atoms with Crippen molar-refractivity contribution in [3.05, 3.63) is 23.8 Å². The Hall–Kier alpha value is -1.71. The second kappa shape index (κ2) is 5.76. The van der Waals surface area contributed by atoms with Gasteiger partial charge in [0.15, 0.2) is 11.5 Å². The molecule has 4 heteroatoms. The lowest BCUT2D eigenvalue weighted by Gasteiger charge is -2.12. The van der Waals surface area contributed by atoms with Crippen LogP contribution in [-0.2, 0) is 11.2 Å². The standard InChI is InChI=1S/C14H18O4/c1-2-3-4-11(14(15)16)7-10-5-6-12-13(8-10)18-9-17-12/h5-6,8,11H,2-4,7,9H2,1H3,(H,15,16)/t11-/m1/s1. The summed E-state index contributed by atoms with van der Waals surface area (Å²) in [5.74, 6) is 0.415. The molecule has 0 saturated carbocycles. The van der Waals surface area contributed by atoms with Crippen molar-refractivity contribution in [3.63, 3.8) is 0 Å². The third-order valence-corrected chi connectivity index (χ3v) is 3.17. The second-order valence-electron chi connectivity index (χ2n) is 4.57. The van der Waals surface area contributed by atoms with E-state index in [-0.39, 0.29) is 12.7 Å². The summed E-state index contributed by atoms with van der Waals surface area (Å²) in [6.45, 7) is 2.32. The Bertz CT molecular complexity index is 428. The zero-order valence-electron chi connectivity index (χ0n) is 10.5. The summed E-state index contributed by atoms with van der Waals surface area (Å²) in [4.78, 5) is 11.2. The quantitative estimate of drug-likeness (QED) is 0.843. The van der Waals surface area contributed by atoms with E-state index >= 15 is 0 Å². The molecule has 0 radical (unpaired) electrons. The minimum Gasteiger partial charge on any atom is -0.481 e. The van der Waals surface area contributed by atoms with Crippen LogP contribution in [0.25, 0.3) is 0 Å². The lowest BCUT2D eigenvalue weighted by Crippen LogP contribution is -2.16. The molecule has 18 heavy (non-hydrogen) atoms. The number of carbonyl (C=O) groups is 1. The number of unbranched alkanes of at least 4 members (excludes halogenated alkanes) is 1. The Balaban J connectivity index is 2.04. The fraction of sp³-hybridized carbons (Fsp3) is 0.500. The summed E-state index contributed by atoms with van der Waals surface area (Å²) in [6.07, 6.45) is 3.23. The van der Waals surface area contributed by atoms with E-state index in [1.54, 1.807) is 0 Å². The fourth-order valence-corrected chi connectivity index (χ4v) is 2.12. The topological polar surface area (TPSA) is 55.8 Å². The summed E-state index contributed by atoms with van der Waals surface area (Å²) < 4.78 is 10.5. The first-order valence-corrected chi connectivity index (χ1v) is 6.32. The first-order chi connectivity index (χ1) is 8.70. The number of carboxylic acid groups (broad SMARTS) is 1. The lowest BCUT2D eigenvalue weighted by molar-refractivity contribution is -0.142. The fourth-order valence-electron chi connectivity index (χ4n) is 2.12. The van der Waals surface area contributed by atoms with Crippen molar-refractivity contribution in [2.24, 2.45) is 5.92 Å². The lowest BCUT2D eigenvalue weighted by atomic mass is 9.94. The van der Waals surface area contributed by atoms with Crippen molar-refractivity contribution >= 4 is 5.97 Å². The highest BCUT2D eigenvalue weighted by Gasteiger charge is 2.19. The van der Waals surface area contributed by atoms with Gasteiger partial charge in [-0.25, -0.2) is 0 Å². The van der Waals surface area contributed by atoms with Gasteiger partial charge in [0.1, 0.15) is 0 Å². The minimum absolute atomic E-state index is 0.247. The Morgan fingerprint density at radius 2 is 2.17 bits per heavy atom. The number of carboxylic acids is 1. The highest BCUT2D eigenvalue weighted by atomic mass is 16.7. The Morgan fingerprint density at radius 3 is 2.89 bits per heavy atom.